The van der Waals surface area contributed by atoms with E-state index in [1.165, 1.54) is 4.90 Å². The van der Waals surface area contributed by atoms with Crippen molar-refractivity contribution in [2.24, 2.45) is 0 Å². The van der Waals surface area contributed by atoms with Gasteiger partial charge in [-0.15, -0.1) is 11.8 Å². The summed E-state index contributed by atoms with van der Waals surface area (Å²) in [6.07, 6.45) is 0. The molecule has 0 saturated carbocycles. The number of rotatable bonds is 1. The smallest absolute Gasteiger partial charge is 0.141 e. The van der Waals surface area contributed by atoms with E-state index in [0.29, 0.717) is 0 Å². The highest BCUT2D eigenvalue weighted by Gasteiger charge is 2.16. The number of nitrogens with zero attached hydrogens (tertiary/aromatic N) is 1. The van der Waals surface area contributed by atoms with E-state index >= 15 is 0 Å². The minimum absolute atomic E-state index is 0.744. The predicted octanol–water partition coefficient (Wildman–Crippen LogP) is 4.19. The maximum Gasteiger partial charge on any atom is 0.141 e. The highest BCUT2D eigenvalue weighted by molar-refractivity contribution is 7.99. The Morgan fingerprint density at radius 1 is 1.35 bits per heavy atom. The van der Waals surface area contributed by atoms with Gasteiger partial charge in [0.15, 0.2) is 0 Å². The van der Waals surface area contributed by atoms with E-state index in [1.807, 2.05) is 24.3 Å². The molecule has 0 unspecified atom stereocenters. The van der Waals surface area contributed by atoms with Crippen molar-refractivity contribution in [3.63, 3.8) is 0 Å². The summed E-state index contributed by atoms with van der Waals surface area (Å²) in [5.74, 6) is 1.86. The Hall–Kier alpha value is -1.19. The minimum atomic E-state index is 0.744. The van der Waals surface area contributed by atoms with E-state index in [1.54, 1.807) is 11.8 Å². The minimum Gasteiger partial charge on any atom is -0.360 e. The van der Waals surface area contributed by atoms with Gasteiger partial charge in [0, 0.05) is 10.6 Å². The second-order valence-corrected chi connectivity index (χ2v) is 5.37. The van der Waals surface area contributed by atoms with Crippen LogP contribution in [-0.2, 0) is 0 Å². The van der Waals surface area contributed by atoms with Gasteiger partial charge < -0.3 is 5.32 Å². The zero-order valence-electron chi connectivity index (χ0n) is 9.33. The molecule has 17 heavy (non-hydrogen) atoms. The van der Waals surface area contributed by atoms with Crippen molar-refractivity contribution >= 4 is 29.2 Å². The fourth-order valence-electron chi connectivity index (χ4n) is 1.93. The zero-order valence-corrected chi connectivity index (χ0v) is 10.9. The molecule has 0 saturated heterocycles. The highest BCUT2D eigenvalue weighted by atomic mass is 35.5. The summed E-state index contributed by atoms with van der Waals surface area (Å²) in [6.45, 7) is 2.07. The van der Waals surface area contributed by atoms with Crippen LogP contribution in [0.1, 0.15) is 5.56 Å². The van der Waals surface area contributed by atoms with E-state index in [0.717, 1.165) is 33.5 Å². The van der Waals surface area contributed by atoms with Gasteiger partial charge in [-0.2, -0.15) is 0 Å². The SMILES string of the molecule is Cc1cc2c(nc1-c1ccccc1Cl)NCS2. The number of thioether (sulfide) groups is 1. The number of benzene rings is 1. The van der Waals surface area contributed by atoms with E-state index in [9.17, 15) is 0 Å². The Labute approximate surface area is 109 Å². The summed E-state index contributed by atoms with van der Waals surface area (Å²) in [6, 6.07) is 9.99. The normalized spacial score (nSPS) is 13.3. The zero-order chi connectivity index (χ0) is 11.8. The molecule has 1 N–H and O–H groups in total. The lowest BCUT2D eigenvalue weighted by molar-refractivity contribution is 1.20. The van der Waals surface area contributed by atoms with Gasteiger partial charge >= 0.3 is 0 Å². The molecule has 0 amide bonds. The molecule has 0 fully saturated rings. The molecule has 0 radical (unpaired) electrons. The van der Waals surface area contributed by atoms with Crippen molar-refractivity contribution in [2.45, 2.75) is 11.8 Å². The molecule has 3 rings (SSSR count). The van der Waals surface area contributed by atoms with Crippen LogP contribution in [0.15, 0.2) is 35.2 Å². The average molecular weight is 263 g/mol. The number of hydrogen-bond donors (Lipinski definition) is 1. The fraction of sp³-hybridized carbons (Fsp3) is 0.154. The van der Waals surface area contributed by atoms with Crippen molar-refractivity contribution in [3.8, 4) is 11.3 Å². The first kappa shape index (κ1) is 10.9. The molecule has 0 aliphatic carbocycles. The van der Waals surface area contributed by atoms with Crippen LogP contribution in [0.4, 0.5) is 5.82 Å². The van der Waals surface area contributed by atoms with Crippen molar-refractivity contribution in [1.82, 2.24) is 4.98 Å². The molecule has 0 spiro atoms. The van der Waals surface area contributed by atoms with Crippen LogP contribution >= 0.6 is 23.4 Å². The van der Waals surface area contributed by atoms with Gasteiger partial charge in [0.25, 0.3) is 0 Å². The van der Waals surface area contributed by atoms with Gasteiger partial charge in [-0.1, -0.05) is 29.8 Å². The summed E-state index contributed by atoms with van der Waals surface area (Å²) in [5.41, 5.74) is 3.12. The van der Waals surface area contributed by atoms with Gasteiger partial charge in [0.2, 0.25) is 0 Å². The topological polar surface area (TPSA) is 24.9 Å². The largest absolute Gasteiger partial charge is 0.360 e. The Bertz CT molecular complexity index is 584. The first-order chi connectivity index (χ1) is 8.25. The van der Waals surface area contributed by atoms with Gasteiger partial charge in [0.05, 0.1) is 16.5 Å². The molecule has 2 heterocycles. The number of halogens is 1. The Balaban J connectivity index is 2.19. The highest BCUT2D eigenvalue weighted by Crippen LogP contribution is 2.37. The maximum atomic E-state index is 6.22. The Morgan fingerprint density at radius 2 is 2.18 bits per heavy atom. The van der Waals surface area contributed by atoms with E-state index < -0.39 is 0 Å². The second kappa shape index (κ2) is 4.24. The fourth-order valence-corrected chi connectivity index (χ4v) is 3.04. The summed E-state index contributed by atoms with van der Waals surface area (Å²) in [7, 11) is 0. The predicted molar refractivity (Wildman–Crippen MR) is 73.8 cm³/mol. The second-order valence-electron chi connectivity index (χ2n) is 3.95. The third kappa shape index (κ3) is 1.90. The third-order valence-electron chi connectivity index (χ3n) is 2.77. The average Bonchev–Trinajstić information content (AvgIpc) is 2.76. The van der Waals surface area contributed by atoms with E-state index in [2.05, 4.69) is 23.3 Å². The summed E-state index contributed by atoms with van der Waals surface area (Å²) < 4.78 is 0. The molecule has 1 aliphatic heterocycles. The van der Waals surface area contributed by atoms with Crippen LogP contribution < -0.4 is 5.32 Å². The molecule has 86 valence electrons. The lowest BCUT2D eigenvalue weighted by atomic mass is 10.1. The number of fused-ring (bicyclic) bond motifs is 1. The third-order valence-corrected chi connectivity index (χ3v) is 4.01. The Morgan fingerprint density at radius 3 is 3.00 bits per heavy atom. The maximum absolute atomic E-state index is 6.22. The molecular formula is C13H11ClN2S. The number of hydrogen-bond acceptors (Lipinski definition) is 3. The van der Waals surface area contributed by atoms with E-state index in [4.69, 9.17) is 11.6 Å². The quantitative estimate of drug-likeness (QED) is 0.834. The summed E-state index contributed by atoms with van der Waals surface area (Å²) in [4.78, 5) is 5.89. The van der Waals surface area contributed by atoms with Crippen LogP contribution in [0.5, 0.6) is 0 Å². The number of anilines is 1. The first-order valence-corrected chi connectivity index (χ1v) is 6.75. The molecule has 1 aromatic carbocycles. The molecule has 2 nitrogen and oxygen atoms in total. The lowest BCUT2D eigenvalue weighted by Gasteiger charge is -2.09. The monoisotopic (exact) mass is 262 g/mol. The van der Waals surface area contributed by atoms with Crippen molar-refractivity contribution in [1.29, 1.82) is 0 Å². The molecule has 4 heteroatoms. The number of pyridine rings is 1. The molecule has 1 aliphatic rings. The Kier molecular flexibility index (Phi) is 2.73. The van der Waals surface area contributed by atoms with Gasteiger partial charge in [-0.25, -0.2) is 4.98 Å². The number of aryl methyl sites for hydroxylation is 1. The molecule has 2 aromatic rings. The molecular weight excluding hydrogens is 252 g/mol. The summed E-state index contributed by atoms with van der Waals surface area (Å²) in [5, 5.41) is 4.01. The van der Waals surface area contributed by atoms with Crippen LogP contribution in [0, 0.1) is 6.92 Å². The molecule has 0 bridgehead atoms. The standard InChI is InChI=1S/C13H11ClN2S/c1-8-6-11-13(15-7-17-11)16-12(8)9-4-2-3-5-10(9)14/h2-6H,7H2,1H3,(H,15,16). The molecule has 1 aromatic heterocycles. The lowest BCUT2D eigenvalue weighted by Crippen LogP contribution is -1.96. The number of nitrogens with one attached hydrogen (secondary N) is 1. The van der Waals surface area contributed by atoms with Crippen LogP contribution in [0.25, 0.3) is 11.3 Å². The van der Waals surface area contributed by atoms with Crippen molar-refractivity contribution in [3.05, 3.63) is 40.9 Å². The summed E-state index contributed by atoms with van der Waals surface area (Å²) >= 11 is 8.00. The first-order valence-electron chi connectivity index (χ1n) is 5.39. The van der Waals surface area contributed by atoms with Crippen LogP contribution in [0.2, 0.25) is 5.02 Å². The van der Waals surface area contributed by atoms with Gasteiger partial charge in [-0.05, 0) is 24.6 Å². The number of aromatic nitrogens is 1. The van der Waals surface area contributed by atoms with Crippen LogP contribution in [-0.4, -0.2) is 10.9 Å². The van der Waals surface area contributed by atoms with Crippen LogP contribution in [0.3, 0.4) is 0 Å². The van der Waals surface area contributed by atoms with Gasteiger partial charge in [0.1, 0.15) is 5.82 Å². The van der Waals surface area contributed by atoms with Gasteiger partial charge in [-0.3, -0.25) is 0 Å². The molecule has 0 atom stereocenters. The van der Waals surface area contributed by atoms with E-state index in [-0.39, 0.29) is 0 Å². The van der Waals surface area contributed by atoms with Crippen molar-refractivity contribution in [2.75, 3.05) is 11.2 Å². The van der Waals surface area contributed by atoms with Crippen molar-refractivity contribution < 1.29 is 0 Å².